The van der Waals surface area contributed by atoms with Gasteiger partial charge in [0.2, 0.25) is 0 Å². The summed E-state index contributed by atoms with van der Waals surface area (Å²) in [6.45, 7) is 2.28. The van der Waals surface area contributed by atoms with Gasteiger partial charge in [-0.1, -0.05) is 42.5 Å². The number of carboxylic acid groups (broad SMARTS) is 1. The van der Waals surface area contributed by atoms with Gasteiger partial charge in [-0.15, -0.1) is 0 Å². The van der Waals surface area contributed by atoms with Crippen LogP contribution >= 0.6 is 0 Å². The van der Waals surface area contributed by atoms with Gasteiger partial charge in [-0.25, -0.2) is 4.79 Å². The zero-order valence-electron chi connectivity index (χ0n) is 19.8. The lowest BCUT2D eigenvalue weighted by Crippen LogP contribution is -2.29. The van der Waals surface area contributed by atoms with E-state index in [4.69, 9.17) is 9.47 Å². The highest BCUT2D eigenvalue weighted by atomic mass is 16.5. The second-order valence-corrected chi connectivity index (χ2v) is 8.13. The lowest BCUT2D eigenvalue weighted by Gasteiger charge is -2.26. The van der Waals surface area contributed by atoms with E-state index in [1.165, 1.54) is 24.1 Å². The van der Waals surface area contributed by atoms with Gasteiger partial charge in [-0.05, 0) is 42.8 Å². The number of methoxy groups -OCH3 is 1. The molecule has 1 aliphatic heterocycles. The van der Waals surface area contributed by atoms with Crippen LogP contribution in [0.1, 0.15) is 40.0 Å². The summed E-state index contributed by atoms with van der Waals surface area (Å²) in [4.78, 5) is 39.1. The molecule has 0 bridgehead atoms. The molecule has 3 aromatic rings. The van der Waals surface area contributed by atoms with E-state index in [-0.39, 0.29) is 23.4 Å². The summed E-state index contributed by atoms with van der Waals surface area (Å²) in [7, 11) is 1.49. The van der Waals surface area contributed by atoms with Crippen molar-refractivity contribution in [3.8, 4) is 11.5 Å². The van der Waals surface area contributed by atoms with Gasteiger partial charge in [0, 0.05) is 17.7 Å². The quantitative estimate of drug-likeness (QED) is 0.275. The average molecular weight is 488 g/mol. The molecule has 1 heterocycles. The van der Waals surface area contributed by atoms with Gasteiger partial charge in [0.1, 0.15) is 17.3 Å². The summed E-state index contributed by atoms with van der Waals surface area (Å²) >= 11 is 0. The molecule has 0 radical (unpaired) electrons. The normalized spacial score (nSPS) is 16.7. The number of benzene rings is 3. The van der Waals surface area contributed by atoms with Gasteiger partial charge in [-0.3, -0.25) is 9.59 Å². The van der Waals surface area contributed by atoms with Crippen molar-refractivity contribution >= 4 is 23.4 Å². The smallest absolute Gasteiger partial charge is 0.335 e. The number of hydrogen-bond donors (Lipinski definition) is 2. The molecule has 3 aromatic carbocycles. The van der Waals surface area contributed by atoms with Crippen molar-refractivity contribution in [2.75, 3.05) is 13.7 Å². The van der Waals surface area contributed by atoms with Crippen molar-refractivity contribution in [2.45, 2.75) is 19.5 Å². The number of Topliss-reactive ketones (excluding diaryl/α,β-unsaturated/α-hetero) is 1. The number of aliphatic hydroxyl groups is 1. The summed E-state index contributed by atoms with van der Waals surface area (Å²) in [6, 6.07) is 18.8. The second kappa shape index (κ2) is 10.4. The van der Waals surface area contributed by atoms with Gasteiger partial charge >= 0.3 is 5.97 Å². The van der Waals surface area contributed by atoms with E-state index in [0.717, 1.165) is 0 Å². The minimum absolute atomic E-state index is 0.0168. The lowest BCUT2D eigenvalue weighted by atomic mass is 9.94. The molecule has 36 heavy (non-hydrogen) atoms. The fourth-order valence-electron chi connectivity index (χ4n) is 4.26. The number of aliphatic hydroxyl groups excluding tert-OH is 1. The summed E-state index contributed by atoms with van der Waals surface area (Å²) in [6.07, 6.45) is 0. The maximum absolute atomic E-state index is 13.3. The monoisotopic (exact) mass is 487 g/mol. The number of nitrogens with zero attached hydrogens (tertiary/aromatic N) is 1. The molecule has 1 aliphatic rings. The summed E-state index contributed by atoms with van der Waals surface area (Å²) in [5, 5.41) is 20.5. The van der Waals surface area contributed by atoms with E-state index in [9.17, 15) is 24.6 Å². The maximum Gasteiger partial charge on any atom is 0.335 e. The fraction of sp³-hybridized carbons (Fsp3) is 0.179. The minimum atomic E-state index is -1.06. The van der Waals surface area contributed by atoms with E-state index >= 15 is 0 Å². The predicted molar refractivity (Wildman–Crippen MR) is 132 cm³/mol. The van der Waals surface area contributed by atoms with Gasteiger partial charge in [-0.2, -0.15) is 0 Å². The zero-order valence-corrected chi connectivity index (χ0v) is 19.8. The van der Waals surface area contributed by atoms with Crippen molar-refractivity contribution in [3.05, 3.63) is 101 Å². The van der Waals surface area contributed by atoms with Gasteiger partial charge in [0.25, 0.3) is 11.7 Å². The van der Waals surface area contributed by atoms with E-state index in [0.29, 0.717) is 34.8 Å². The largest absolute Gasteiger partial charge is 0.507 e. The highest BCUT2D eigenvalue weighted by Gasteiger charge is 2.47. The van der Waals surface area contributed by atoms with Gasteiger partial charge in [0.05, 0.1) is 30.9 Å². The molecule has 1 amide bonds. The van der Waals surface area contributed by atoms with Crippen LogP contribution < -0.4 is 9.47 Å². The topological polar surface area (TPSA) is 113 Å². The third kappa shape index (κ3) is 4.65. The Balaban J connectivity index is 1.85. The van der Waals surface area contributed by atoms with Gasteiger partial charge in [0.15, 0.2) is 0 Å². The van der Waals surface area contributed by atoms with Crippen LogP contribution in [0.4, 0.5) is 0 Å². The molecular formula is C28H25NO7. The minimum Gasteiger partial charge on any atom is -0.507 e. The molecule has 0 aromatic heterocycles. The Hall–Kier alpha value is -4.59. The first-order valence-electron chi connectivity index (χ1n) is 11.3. The number of ether oxygens (including phenoxy) is 2. The van der Waals surface area contributed by atoms with Crippen LogP contribution in [0.2, 0.25) is 0 Å². The van der Waals surface area contributed by atoms with E-state index < -0.39 is 23.7 Å². The van der Waals surface area contributed by atoms with Crippen molar-refractivity contribution in [3.63, 3.8) is 0 Å². The zero-order chi connectivity index (χ0) is 25.8. The Morgan fingerprint density at radius 3 is 2.33 bits per heavy atom. The molecule has 2 N–H and O–H groups in total. The number of carbonyl (C=O) groups excluding carboxylic acids is 2. The molecule has 0 aliphatic carbocycles. The SMILES string of the molecule is CCOc1cccc(/C(O)=C2\C(=O)C(=O)N(Cc3ccc(C(=O)O)cc3)C2c2ccccc2OC)c1. The van der Waals surface area contributed by atoms with Gasteiger partial charge < -0.3 is 24.6 Å². The first kappa shape index (κ1) is 24.5. The Morgan fingerprint density at radius 1 is 0.944 bits per heavy atom. The summed E-state index contributed by atoms with van der Waals surface area (Å²) in [5.74, 6) is -2.03. The Morgan fingerprint density at radius 2 is 1.67 bits per heavy atom. The third-order valence-electron chi connectivity index (χ3n) is 5.95. The van der Waals surface area contributed by atoms with E-state index in [1.54, 1.807) is 60.7 Å². The lowest BCUT2D eigenvalue weighted by molar-refractivity contribution is -0.140. The van der Waals surface area contributed by atoms with E-state index in [1.807, 2.05) is 6.92 Å². The Bertz CT molecular complexity index is 1340. The second-order valence-electron chi connectivity index (χ2n) is 8.13. The Kier molecular flexibility index (Phi) is 7.05. The molecule has 4 rings (SSSR count). The molecule has 1 atom stereocenters. The van der Waals surface area contributed by atoms with Crippen LogP contribution in [0.5, 0.6) is 11.5 Å². The highest BCUT2D eigenvalue weighted by Crippen LogP contribution is 2.43. The average Bonchev–Trinajstić information content (AvgIpc) is 3.13. The molecule has 0 spiro atoms. The fourth-order valence-corrected chi connectivity index (χ4v) is 4.26. The summed E-state index contributed by atoms with van der Waals surface area (Å²) in [5.41, 5.74) is 1.53. The predicted octanol–water partition coefficient (Wildman–Crippen LogP) is 4.41. The van der Waals surface area contributed by atoms with Crippen molar-refractivity contribution in [1.29, 1.82) is 0 Å². The van der Waals surface area contributed by atoms with Crippen molar-refractivity contribution in [2.24, 2.45) is 0 Å². The maximum atomic E-state index is 13.3. The molecule has 1 fully saturated rings. The van der Waals surface area contributed by atoms with E-state index in [2.05, 4.69) is 0 Å². The molecule has 8 nitrogen and oxygen atoms in total. The number of carboxylic acids is 1. The number of para-hydroxylation sites is 1. The number of rotatable bonds is 8. The first-order chi connectivity index (χ1) is 17.3. The highest BCUT2D eigenvalue weighted by molar-refractivity contribution is 6.46. The molecule has 1 saturated heterocycles. The molecule has 1 unspecified atom stereocenters. The number of ketones is 1. The van der Waals surface area contributed by atoms with Crippen molar-refractivity contribution < 1.29 is 34.1 Å². The van der Waals surface area contributed by atoms with Crippen LogP contribution in [0.3, 0.4) is 0 Å². The number of aromatic carboxylic acids is 1. The summed E-state index contributed by atoms with van der Waals surface area (Å²) < 4.78 is 11.0. The van der Waals surface area contributed by atoms with Crippen LogP contribution in [-0.2, 0) is 16.1 Å². The number of hydrogen-bond acceptors (Lipinski definition) is 6. The van der Waals surface area contributed by atoms with Crippen LogP contribution in [0, 0.1) is 0 Å². The standard InChI is InChI=1S/C28H25NO7/c1-3-36-20-8-6-7-19(15-20)25(30)23-24(21-9-4-5-10-22(21)35-2)29(27(32)26(23)31)16-17-11-13-18(14-12-17)28(33)34/h4-15,24,30H,3,16H2,1-2H3,(H,33,34)/b25-23+. The van der Waals surface area contributed by atoms with Crippen molar-refractivity contribution in [1.82, 2.24) is 4.90 Å². The Labute approximate surface area is 208 Å². The number of amides is 1. The number of likely N-dealkylation sites (tertiary alicyclic amines) is 1. The molecule has 0 saturated carbocycles. The van der Waals surface area contributed by atoms with Crippen LogP contribution in [-0.4, -0.2) is 46.5 Å². The molecule has 184 valence electrons. The first-order valence-corrected chi connectivity index (χ1v) is 11.3. The molecule has 8 heteroatoms. The van der Waals surface area contributed by atoms with Crippen LogP contribution in [0.25, 0.3) is 5.76 Å². The third-order valence-corrected chi connectivity index (χ3v) is 5.95. The van der Waals surface area contributed by atoms with Crippen LogP contribution in [0.15, 0.2) is 78.4 Å². The molecular weight excluding hydrogens is 462 g/mol. The number of carbonyl (C=O) groups is 3.